The highest BCUT2D eigenvalue weighted by Gasteiger charge is 2.39. The van der Waals surface area contributed by atoms with Gasteiger partial charge in [-0.2, -0.15) is 0 Å². The van der Waals surface area contributed by atoms with E-state index < -0.39 is 0 Å². The highest BCUT2D eigenvalue weighted by Crippen LogP contribution is 2.54. The summed E-state index contributed by atoms with van der Waals surface area (Å²) in [6, 6.07) is 77.0. The number of benzene rings is 10. The summed E-state index contributed by atoms with van der Waals surface area (Å²) in [5.74, 6) is 0. The van der Waals surface area contributed by atoms with Crippen LogP contribution in [0.5, 0.6) is 0 Å². The standard InChI is InChI=1S/C60H46/c1-3-4-35-60(2)56-30-18-17-25-49(56)50-32-31-42(39-57(50)60)58-51-26-13-15-28-53(51)59(54-29-16-14-27-52(54)58)55-34-33-46(47-23-11-12-24-48(47)55)45-37-43(40-19-7-5-8-20-40)36-44(38-45)41-21-9-6-10-22-41/h5-34,36-39H,3-4,35H2,1-2H3. The van der Waals surface area contributed by atoms with Crippen molar-refractivity contribution < 1.29 is 0 Å². The first-order chi connectivity index (χ1) is 29.6. The fourth-order valence-electron chi connectivity index (χ4n) is 10.4. The van der Waals surface area contributed by atoms with E-state index in [4.69, 9.17) is 0 Å². The number of rotatable bonds is 8. The first-order valence-corrected chi connectivity index (χ1v) is 21.6. The molecule has 0 aromatic heterocycles. The van der Waals surface area contributed by atoms with Crippen LogP contribution in [0.3, 0.4) is 0 Å². The monoisotopic (exact) mass is 766 g/mol. The summed E-state index contributed by atoms with van der Waals surface area (Å²) in [5.41, 5.74) is 18.1. The van der Waals surface area contributed by atoms with Gasteiger partial charge in [0.1, 0.15) is 0 Å². The van der Waals surface area contributed by atoms with E-state index in [1.54, 1.807) is 0 Å². The van der Waals surface area contributed by atoms with Crippen LogP contribution in [0.2, 0.25) is 0 Å². The summed E-state index contributed by atoms with van der Waals surface area (Å²) < 4.78 is 0. The fourth-order valence-corrected chi connectivity index (χ4v) is 10.4. The molecule has 0 bridgehead atoms. The van der Waals surface area contributed by atoms with Crippen LogP contribution in [-0.4, -0.2) is 0 Å². The van der Waals surface area contributed by atoms with Gasteiger partial charge in [-0.3, -0.25) is 0 Å². The van der Waals surface area contributed by atoms with Gasteiger partial charge in [-0.05, 0) is 141 Å². The highest BCUT2D eigenvalue weighted by molar-refractivity contribution is 6.24. The lowest BCUT2D eigenvalue weighted by atomic mass is 9.75. The van der Waals surface area contributed by atoms with Gasteiger partial charge >= 0.3 is 0 Å². The molecule has 0 radical (unpaired) electrons. The van der Waals surface area contributed by atoms with Crippen molar-refractivity contribution in [1.82, 2.24) is 0 Å². The van der Waals surface area contributed by atoms with E-state index in [0.717, 1.165) is 6.42 Å². The quantitative estimate of drug-likeness (QED) is 0.135. The van der Waals surface area contributed by atoms with Gasteiger partial charge in [0.2, 0.25) is 0 Å². The second-order valence-electron chi connectivity index (χ2n) is 16.8. The maximum absolute atomic E-state index is 2.54. The SMILES string of the molecule is CCCCC1(C)c2ccccc2-c2ccc(-c3c4ccccc4c(-c4ccc(-c5cc(-c6ccccc6)cc(-c6ccccc6)c5)c5ccccc45)c4ccccc34)cc21. The van der Waals surface area contributed by atoms with E-state index in [9.17, 15) is 0 Å². The van der Waals surface area contributed by atoms with Gasteiger partial charge in [-0.1, -0.05) is 209 Å². The molecule has 10 aromatic carbocycles. The van der Waals surface area contributed by atoms with E-state index >= 15 is 0 Å². The van der Waals surface area contributed by atoms with Crippen LogP contribution < -0.4 is 0 Å². The molecular formula is C60H46. The van der Waals surface area contributed by atoms with Crippen LogP contribution in [0.25, 0.3) is 99.1 Å². The van der Waals surface area contributed by atoms with E-state index in [1.807, 2.05) is 0 Å². The van der Waals surface area contributed by atoms with E-state index in [1.165, 1.54) is 123 Å². The Bertz CT molecular complexity index is 3130. The van der Waals surface area contributed by atoms with Crippen molar-refractivity contribution in [3.05, 3.63) is 217 Å². The summed E-state index contributed by atoms with van der Waals surface area (Å²) in [4.78, 5) is 0. The van der Waals surface area contributed by atoms with Crippen molar-refractivity contribution in [2.45, 2.75) is 38.5 Å². The van der Waals surface area contributed by atoms with Gasteiger partial charge in [-0.25, -0.2) is 0 Å². The van der Waals surface area contributed by atoms with Crippen molar-refractivity contribution in [2.75, 3.05) is 0 Å². The predicted molar refractivity (Wildman–Crippen MR) is 258 cm³/mol. The Hall–Kier alpha value is -7.02. The molecule has 0 N–H and O–H groups in total. The molecule has 1 aliphatic carbocycles. The van der Waals surface area contributed by atoms with Crippen LogP contribution in [0, 0.1) is 0 Å². The number of hydrogen-bond donors (Lipinski definition) is 0. The van der Waals surface area contributed by atoms with E-state index in [2.05, 4.69) is 220 Å². The summed E-state index contributed by atoms with van der Waals surface area (Å²) in [7, 11) is 0. The van der Waals surface area contributed by atoms with Gasteiger partial charge in [0, 0.05) is 5.41 Å². The Balaban J connectivity index is 1.13. The molecule has 11 rings (SSSR count). The van der Waals surface area contributed by atoms with Gasteiger partial charge in [0.05, 0.1) is 0 Å². The molecule has 286 valence electrons. The Morgan fingerprint density at radius 2 is 0.767 bits per heavy atom. The molecule has 0 saturated heterocycles. The van der Waals surface area contributed by atoms with Gasteiger partial charge in [-0.15, -0.1) is 0 Å². The highest BCUT2D eigenvalue weighted by atomic mass is 14.4. The van der Waals surface area contributed by atoms with Gasteiger partial charge in [0.15, 0.2) is 0 Å². The molecule has 1 unspecified atom stereocenters. The second-order valence-corrected chi connectivity index (χ2v) is 16.8. The zero-order valence-electron chi connectivity index (χ0n) is 34.3. The average Bonchev–Trinajstić information content (AvgIpc) is 3.57. The van der Waals surface area contributed by atoms with Crippen LogP contribution in [0.1, 0.15) is 44.2 Å². The van der Waals surface area contributed by atoms with Crippen LogP contribution in [-0.2, 0) is 5.41 Å². The molecule has 0 amide bonds. The summed E-state index contributed by atoms with van der Waals surface area (Å²) in [6.07, 6.45) is 3.53. The third-order valence-corrected chi connectivity index (χ3v) is 13.3. The molecule has 10 aromatic rings. The van der Waals surface area contributed by atoms with Crippen molar-refractivity contribution in [3.8, 4) is 66.8 Å². The second kappa shape index (κ2) is 14.7. The largest absolute Gasteiger partial charge is 0.0654 e. The van der Waals surface area contributed by atoms with Crippen LogP contribution in [0.4, 0.5) is 0 Å². The topological polar surface area (TPSA) is 0 Å². The fraction of sp³-hybridized carbons (Fsp3) is 0.100. The Morgan fingerprint density at radius 1 is 0.317 bits per heavy atom. The number of hydrogen-bond acceptors (Lipinski definition) is 0. The molecule has 1 aliphatic rings. The summed E-state index contributed by atoms with van der Waals surface area (Å²) >= 11 is 0. The lowest BCUT2D eigenvalue weighted by Gasteiger charge is -2.28. The van der Waals surface area contributed by atoms with Crippen molar-refractivity contribution in [3.63, 3.8) is 0 Å². The third-order valence-electron chi connectivity index (χ3n) is 13.3. The normalized spacial score (nSPS) is 14.4. The first-order valence-electron chi connectivity index (χ1n) is 21.6. The maximum atomic E-state index is 2.54. The first kappa shape index (κ1) is 36.1. The van der Waals surface area contributed by atoms with Crippen molar-refractivity contribution >= 4 is 32.3 Å². The molecule has 0 nitrogen and oxygen atoms in total. The number of unbranched alkanes of at least 4 members (excludes halogenated alkanes) is 1. The molecular weight excluding hydrogens is 721 g/mol. The van der Waals surface area contributed by atoms with Crippen molar-refractivity contribution in [1.29, 1.82) is 0 Å². The third kappa shape index (κ3) is 5.82. The zero-order valence-corrected chi connectivity index (χ0v) is 34.3. The molecule has 0 saturated carbocycles. The zero-order chi connectivity index (χ0) is 40.2. The van der Waals surface area contributed by atoms with E-state index in [0.29, 0.717) is 0 Å². The summed E-state index contributed by atoms with van der Waals surface area (Å²) in [5, 5.41) is 7.63. The molecule has 0 fully saturated rings. The van der Waals surface area contributed by atoms with E-state index in [-0.39, 0.29) is 5.41 Å². The smallest absolute Gasteiger partial charge is 0.0187 e. The summed E-state index contributed by atoms with van der Waals surface area (Å²) in [6.45, 7) is 4.79. The van der Waals surface area contributed by atoms with Gasteiger partial charge < -0.3 is 0 Å². The Morgan fingerprint density at radius 3 is 1.37 bits per heavy atom. The van der Waals surface area contributed by atoms with Crippen LogP contribution in [0.15, 0.2) is 206 Å². The number of fused-ring (bicyclic) bond motifs is 6. The molecule has 60 heavy (non-hydrogen) atoms. The molecule has 0 aliphatic heterocycles. The van der Waals surface area contributed by atoms with Crippen LogP contribution >= 0.6 is 0 Å². The maximum Gasteiger partial charge on any atom is 0.0187 e. The Kier molecular flexibility index (Phi) is 8.82. The predicted octanol–water partition coefficient (Wildman–Crippen LogP) is 17.0. The minimum atomic E-state index is -0.0212. The minimum Gasteiger partial charge on any atom is -0.0654 e. The van der Waals surface area contributed by atoms with Gasteiger partial charge in [0.25, 0.3) is 0 Å². The average molecular weight is 767 g/mol. The lowest BCUT2D eigenvalue weighted by molar-refractivity contribution is 0.504. The Labute approximate surface area is 353 Å². The lowest BCUT2D eigenvalue weighted by Crippen LogP contribution is -2.20. The van der Waals surface area contributed by atoms with Crippen molar-refractivity contribution in [2.24, 2.45) is 0 Å². The molecule has 0 heterocycles. The molecule has 1 atom stereocenters. The molecule has 0 spiro atoms. The molecule has 0 heteroatoms. The minimum absolute atomic E-state index is 0.0212.